The molecule has 0 saturated carbocycles. The minimum atomic E-state index is -0.388. The topological polar surface area (TPSA) is 60.7 Å². The van der Waals surface area contributed by atoms with Crippen molar-refractivity contribution in [2.75, 3.05) is 0 Å². The maximum absolute atomic E-state index is 8.78. The van der Waals surface area contributed by atoms with Gasteiger partial charge in [0.25, 0.3) is 0 Å². The Bertz CT molecular complexity index is 179. The summed E-state index contributed by atoms with van der Waals surface area (Å²) in [7, 11) is 0. The van der Waals surface area contributed by atoms with Crippen LogP contribution < -0.4 is 0 Å². The summed E-state index contributed by atoms with van der Waals surface area (Å²) in [5.41, 5.74) is 0. The molecule has 0 unspecified atom stereocenters. The highest BCUT2D eigenvalue weighted by Gasteiger charge is 2.11. The number of aliphatic hydroxyl groups excluding tert-OH is 3. The van der Waals surface area contributed by atoms with Gasteiger partial charge in [-0.2, -0.15) is 0 Å². The first-order valence-electron chi connectivity index (χ1n) is 2.72. The van der Waals surface area contributed by atoms with Crippen molar-refractivity contribution in [2.24, 2.45) is 0 Å². The van der Waals surface area contributed by atoms with Crippen LogP contribution in [0.1, 0.15) is 12.8 Å². The van der Waals surface area contributed by atoms with E-state index in [-0.39, 0.29) is 17.3 Å². The van der Waals surface area contributed by atoms with Crippen LogP contribution >= 0.6 is 0 Å². The molecule has 0 amide bonds. The van der Waals surface area contributed by atoms with Crippen LogP contribution in [0.25, 0.3) is 0 Å². The van der Waals surface area contributed by atoms with E-state index in [4.69, 9.17) is 15.3 Å². The predicted octanol–water partition coefficient (Wildman–Crippen LogP) is 1.55. The zero-order valence-electron chi connectivity index (χ0n) is 4.83. The quantitative estimate of drug-likeness (QED) is 0.463. The lowest BCUT2D eigenvalue weighted by Crippen LogP contribution is -1.99. The predicted molar refractivity (Wildman–Crippen MR) is 32.2 cm³/mol. The summed E-state index contributed by atoms with van der Waals surface area (Å²) in [5.74, 6) is -0.741. The van der Waals surface area contributed by atoms with Gasteiger partial charge >= 0.3 is 0 Å². The second-order valence-corrected chi connectivity index (χ2v) is 1.92. The third-order valence-corrected chi connectivity index (χ3v) is 1.23. The smallest absolute Gasteiger partial charge is 0.195 e. The number of aliphatic hydroxyl groups is 3. The Hall–Kier alpha value is -1.12. The van der Waals surface area contributed by atoms with Crippen LogP contribution in [0, 0.1) is 0 Å². The Balaban J connectivity index is 2.88. The molecular formula is C6H8O3. The van der Waals surface area contributed by atoms with Gasteiger partial charge < -0.3 is 15.3 Å². The summed E-state index contributed by atoms with van der Waals surface area (Å²) in [6.45, 7) is 0. The average Bonchev–Trinajstić information content (AvgIpc) is 1.83. The number of hydrogen-bond acceptors (Lipinski definition) is 3. The second-order valence-electron chi connectivity index (χ2n) is 1.92. The summed E-state index contributed by atoms with van der Waals surface area (Å²) in [5, 5.41) is 26.3. The Morgan fingerprint density at radius 1 is 1.22 bits per heavy atom. The number of allylic oxidation sites excluding steroid dienone is 2. The van der Waals surface area contributed by atoms with Gasteiger partial charge in [-0.05, 0) is 12.5 Å². The van der Waals surface area contributed by atoms with Gasteiger partial charge in [0.2, 0.25) is 0 Å². The van der Waals surface area contributed by atoms with Gasteiger partial charge in [0.15, 0.2) is 11.5 Å². The molecule has 0 spiro atoms. The molecule has 0 heterocycles. The third-order valence-electron chi connectivity index (χ3n) is 1.23. The molecule has 0 aromatic carbocycles. The maximum atomic E-state index is 8.78. The largest absolute Gasteiger partial charge is 0.508 e. The van der Waals surface area contributed by atoms with Crippen molar-refractivity contribution in [2.45, 2.75) is 12.8 Å². The van der Waals surface area contributed by atoms with Crippen molar-refractivity contribution in [1.29, 1.82) is 0 Å². The van der Waals surface area contributed by atoms with Crippen LogP contribution in [0.5, 0.6) is 0 Å². The first kappa shape index (κ1) is 6.01. The highest BCUT2D eigenvalue weighted by molar-refractivity contribution is 5.24. The average molecular weight is 128 g/mol. The summed E-state index contributed by atoms with van der Waals surface area (Å²) in [4.78, 5) is 0. The lowest BCUT2D eigenvalue weighted by atomic mass is 10.1. The molecule has 1 aliphatic rings. The Morgan fingerprint density at radius 2 is 1.89 bits per heavy atom. The fourth-order valence-electron chi connectivity index (χ4n) is 0.709. The Morgan fingerprint density at radius 3 is 2.33 bits per heavy atom. The van der Waals surface area contributed by atoms with E-state index in [9.17, 15) is 0 Å². The first-order chi connectivity index (χ1) is 4.22. The normalized spacial score (nSPS) is 19.8. The van der Waals surface area contributed by atoms with Gasteiger partial charge in [0, 0.05) is 6.42 Å². The Labute approximate surface area is 52.6 Å². The van der Waals surface area contributed by atoms with Crippen molar-refractivity contribution in [3.63, 3.8) is 0 Å². The van der Waals surface area contributed by atoms with Gasteiger partial charge in [-0.1, -0.05) is 0 Å². The molecule has 3 N–H and O–H groups in total. The van der Waals surface area contributed by atoms with Crippen molar-refractivity contribution in [1.82, 2.24) is 0 Å². The number of hydrogen-bond donors (Lipinski definition) is 3. The van der Waals surface area contributed by atoms with Crippen molar-refractivity contribution in [3.8, 4) is 0 Å². The molecule has 50 valence electrons. The summed E-state index contributed by atoms with van der Waals surface area (Å²) in [6.07, 6.45) is 2.46. The molecule has 1 rings (SSSR count). The lowest BCUT2D eigenvalue weighted by molar-refractivity contribution is 0.267. The molecule has 0 aromatic rings. The van der Waals surface area contributed by atoms with Crippen LogP contribution in [0.2, 0.25) is 0 Å². The first-order valence-corrected chi connectivity index (χ1v) is 2.72. The van der Waals surface area contributed by atoms with E-state index in [0.717, 1.165) is 0 Å². The highest BCUT2D eigenvalue weighted by Crippen LogP contribution is 2.18. The molecule has 0 aromatic heterocycles. The zero-order valence-corrected chi connectivity index (χ0v) is 4.83. The molecule has 0 radical (unpaired) electrons. The van der Waals surface area contributed by atoms with Gasteiger partial charge in [-0.3, -0.25) is 0 Å². The van der Waals surface area contributed by atoms with E-state index in [1.165, 1.54) is 6.08 Å². The molecule has 0 bridgehead atoms. The molecule has 3 nitrogen and oxygen atoms in total. The fraction of sp³-hybridized carbons (Fsp3) is 0.333. The summed E-state index contributed by atoms with van der Waals surface area (Å²) >= 11 is 0. The van der Waals surface area contributed by atoms with E-state index in [0.29, 0.717) is 12.8 Å². The lowest BCUT2D eigenvalue weighted by Gasteiger charge is -2.07. The second kappa shape index (κ2) is 2.01. The van der Waals surface area contributed by atoms with E-state index in [1.54, 1.807) is 0 Å². The number of rotatable bonds is 0. The van der Waals surface area contributed by atoms with Crippen LogP contribution in [-0.4, -0.2) is 15.3 Å². The molecule has 0 aliphatic heterocycles. The third kappa shape index (κ3) is 0.988. The molecule has 0 saturated heterocycles. The van der Waals surface area contributed by atoms with Crippen molar-refractivity contribution in [3.05, 3.63) is 23.4 Å². The van der Waals surface area contributed by atoms with E-state index >= 15 is 0 Å². The summed E-state index contributed by atoms with van der Waals surface area (Å²) in [6, 6.07) is 0. The fourth-order valence-corrected chi connectivity index (χ4v) is 0.709. The highest BCUT2D eigenvalue weighted by atomic mass is 16.3. The van der Waals surface area contributed by atoms with Crippen molar-refractivity contribution < 1.29 is 15.3 Å². The SMILES string of the molecule is OC1=CCCC(O)=C1O. The van der Waals surface area contributed by atoms with Gasteiger partial charge in [-0.25, -0.2) is 0 Å². The maximum Gasteiger partial charge on any atom is 0.195 e. The summed E-state index contributed by atoms with van der Waals surface area (Å²) < 4.78 is 0. The van der Waals surface area contributed by atoms with Crippen LogP contribution in [0.3, 0.4) is 0 Å². The van der Waals surface area contributed by atoms with Crippen LogP contribution in [0.4, 0.5) is 0 Å². The molecule has 3 heteroatoms. The van der Waals surface area contributed by atoms with Gasteiger partial charge in [-0.15, -0.1) is 0 Å². The van der Waals surface area contributed by atoms with E-state index in [1.807, 2.05) is 0 Å². The van der Waals surface area contributed by atoms with Crippen molar-refractivity contribution >= 4 is 0 Å². The van der Waals surface area contributed by atoms with Crippen LogP contribution in [-0.2, 0) is 0 Å². The van der Waals surface area contributed by atoms with Gasteiger partial charge in [0.05, 0.1) is 0 Å². The van der Waals surface area contributed by atoms with Crippen LogP contribution in [0.15, 0.2) is 23.4 Å². The zero-order chi connectivity index (χ0) is 6.85. The van der Waals surface area contributed by atoms with E-state index < -0.39 is 0 Å². The molecule has 9 heavy (non-hydrogen) atoms. The molecule has 0 atom stereocenters. The molecule has 0 fully saturated rings. The molecule has 1 aliphatic carbocycles. The monoisotopic (exact) mass is 128 g/mol. The van der Waals surface area contributed by atoms with E-state index in [2.05, 4.69) is 0 Å². The minimum Gasteiger partial charge on any atom is -0.508 e. The standard InChI is InChI=1S/C6H8O3/c7-4-2-1-3-5(8)6(4)9/h2,7-9H,1,3H2. The molecular weight excluding hydrogens is 120 g/mol. The van der Waals surface area contributed by atoms with Gasteiger partial charge in [0.1, 0.15) is 5.76 Å². The Kier molecular flexibility index (Phi) is 1.34. The minimum absolute atomic E-state index is 0.130.